The number of halogens is 3. The van der Waals surface area contributed by atoms with E-state index in [1.807, 2.05) is 12.1 Å². The van der Waals surface area contributed by atoms with Crippen LogP contribution in [0.2, 0.25) is 0 Å². The van der Waals surface area contributed by atoms with Gasteiger partial charge in [0.15, 0.2) is 0 Å². The molecule has 1 aliphatic heterocycles. The number of hydrogen-bond donors (Lipinski definition) is 0. The molecule has 1 atom stereocenters. The van der Waals surface area contributed by atoms with Gasteiger partial charge < -0.3 is 9.64 Å². The van der Waals surface area contributed by atoms with E-state index in [1.54, 1.807) is 7.11 Å². The fraction of sp³-hybridized carbons (Fsp3) is 0.400. The molecule has 2 aromatic rings. The van der Waals surface area contributed by atoms with Crippen LogP contribution in [-0.2, 0) is 6.18 Å². The van der Waals surface area contributed by atoms with Crippen LogP contribution in [0.1, 0.15) is 29.9 Å². The van der Waals surface area contributed by atoms with Crippen LogP contribution in [0.15, 0.2) is 42.5 Å². The maximum absolute atomic E-state index is 12.7. The van der Waals surface area contributed by atoms with E-state index in [1.165, 1.54) is 12.1 Å². The maximum Gasteiger partial charge on any atom is 0.416 e. The summed E-state index contributed by atoms with van der Waals surface area (Å²) in [7, 11) is 3.77. The molecule has 0 N–H and O–H groups in total. The van der Waals surface area contributed by atoms with Crippen LogP contribution in [0.4, 0.5) is 13.2 Å². The van der Waals surface area contributed by atoms with Crippen molar-refractivity contribution in [2.24, 2.45) is 0 Å². The van der Waals surface area contributed by atoms with Crippen molar-refractivity contribution in [2.45, 2.75) is 24.9 Å². The number of rotatable bonds is 3. The molecule has 0 radical (unpaired) electrons. The summed E-state index contributed by atoms with van der Waals surface area (Å²) in [5, 5.41) is 0. The van der Waals surface area contributed by atoms with Crippen molar-refractivity contribution in [2.75, 3.05) is 27.2 Å². The second-order valence-corrected chi connectivity index (χ2v) is 6.63. The molecular weight excluding hydrogens is 327 g/mol. The molecule has 0 bridgehead atoms. The van der Waals surface area contributed by atoms with E-state index >= 15 is 0 Å². The van der Waals surface area contributed by atoms with Crippen LogP contribution < -0.4 is 4.74 Å². The topological polar surface area (TPSA) is 12.5 Å². The summed E-state index contributed by atoms with van der Waals surface area (Å²) < 4.78 is 43.8. The van der Waals surface area contributed by atoms with Crippen molar-refractivity contribution in [1.29, 1.82) is 0 Å². The number of benzene rings is 2. The highest BCUT2D eigenvalue weighted by molar-refractivity contribution is 5.66. The molecule has 25 heavy (non-hydrogen) atoms. The summed E-state index contributed by atoms with van der Waals surface area (Å²) in [6, 6.07) is 11.2. The fourth-order valence-electron chi connectivity index (χ4n) is 3.50. The maximum atomic E-state index is 12.7. The lowest BCUT2D eigenvalue weighted by atomic mass is 9.88. The second kappa shape index (κ2) is 7.08. The Morgan fingerprint density at radius 1 is 1.04 bits per heavy atom. The van der Waals surface area contributed by atoms with Crippen LogP contribution in [-0.4, -0.2) is 32.1 Å². The lowest BCUT2D eigenvalue weighted by molar-refractivity contribution is -0.137. The molecule has 3 rings (SSSR count). The van der Waals surface area contributed by atoms with Crippen LogP contribution in [0.5, 0.6) is 5.75 Å². The molecule has 134 valence electrons. The quantitative estimate of drug-likeness (QED) is 0.756. The molecule has 0 saturated carbocycles. The lowest BCUT2D eigenvalue weighted by Gasteiger charge is -2.31. The molecule has 5 heteroatoms. The Morgan fingerprint density at radius 3 is 2.32 bits per heavy atom. The monoisotopic (exact) mass is 349 g/mol. The van der Waals surface area contributed by atoms with E-state index in [2.05, 4.69) is 18.0 Å². The molecule has 0 aliphatic carbocycles. The third-order valence-electron chi connectivity index (χ3n) is 4.84. The van der Waals surface area contributed by atoms with Crippen molar-refractivity contribution >= 4 is 0 Å². The molecular formula is C20H22F3NO. The SMILES string of the molecule is COc1ccc(-c2ccc(C(F)(F)F)cc2)cc1C1CCCN(C)C1. The molecule has 0 amide bonds. The third kappa shape index (κ3) is 3.98. The van der Waals surface area contributed by atoms with E-state index in [0.717, 1.165) is 60.5 Å². The highest BCUT2D eigenvalue weighted by atomic mass is 19.4. The summed E-state index contributed by atoms with van der Waals surface area (Å²) in [5.74, 6) is 1.22. The highest BCUT2D eigenvalue weighted by Gasteiger charge is 2.30. The zero-order valence-corrected chi connectivity index (χ0v) is 14.4. The lowest BCUT2D eigenvalue weighted by Crippen LogP contribution is -2.31. The number of likely N-dealkylation sites (N-methyl/N-ethyl adjacent to an activating group) is 1. The van der Waals surface area contributed by atoms with Gasteiger partial charge in [-0.2, -0.15) is 13.2 Å². The van der Waals surface area contributed by atoms with Crippen molar-refractivity contribution < 1.29 is 17.9 Å². The van der Waals surface area contributed by atoms with Gasteiger partial charge in [-0.1, -0.05) is 18.2 Å². The number of alkyl halides is 3. The summed E-state index contributed by atoms with van der Waals surface area (Å²) in [6.07, 6.45) is -2.08. The Balaban J connectivity index is 1.93. The van der Waals surface area contributed by atoms with Gasteiger partial charge in [0.1, 0.15) is 5.75 Å². The first-order valence-electron chi connectivity index (χ1n) is 8.42. The smallest absolute Gasteiger partial charge is 0.416 e. The minimum Gasteiger partial charge on any atom is -0.496 e. The summed E-state index contributed by atoms with van der Waals surface area (Å²) in [5.41, 5.74) is 2.20. The van der Waals surface area contributed by atoms with Crippen LogP contribution in [0.3, 0.4) is 0 Å². The zero-order chi connectivity index (χ0) is 18.0. The molecule has 1 heterocycles. The Bertz CT molecular complexity index is 725. The highest BCUT2D eigenvalue weighted by Crippen LogP contribution is 2.37. The first kappa shape index (κ1) is 17.8. The molecule has 1 saturated heterocycles. The van der Waals surface area contributed by atoms with Gasteiger partial charge in [0.25, 0.3) is 0 Å². The van der Waals surface area contributed by atoms with Crippen molar-refractivity contribution in [3.63, 3.8) is 0 Å². The minimum absolute atomic E-state index is 0.378. The zero-order valence-electron chi connectivity index (χ0n) is 14.4. The number of ether oxygens (including phenoxy) is 1. The van der Waals surface area contributed by atoms with Crippen LogP contribution in [0, 0.1) is 0 Å². The van der Waals surface area contributed by atoms with Crippen LogP contribution in [0.25, 0.3) is 11.1 Å². The van der Waals surface area contributed by atoms with E-state index in [0.29, 0.717) is 5.92 Å². The summed E-state index contributed by atoms with van der Waals surface area (Å²) in [4.78, 5) is 2.30. The minimum atomic E-state index is -4.31. The average Bonchev–Trinajstić information content (AvgIpc) is 2.60. The molecule has 0 spiro atoms. The van der Waals surface area contributed by atoms with Gasteiger partial charge in [-0.3, -0.25) is 0 Å². The normalized spacial score (nSPS) is 19.0. The third-order valence-corrected chi connectivity index (χ3v) is 4.84. The van der Waals surface area contributed by atoms with Gasteiger partial charge >= 0.3 is 6.18 Å². The van der Waals surface area contributed by atoms with E-state index in [4.69, 9.17) is 4.74 Å². The Labute approximate surface area is 146 Å². The van der Waals surface area contributed by atoms with Gasteiger partial charge in [-0.15, -0.1) is 0 Å². The Morgan fingerprint density at radius 2 is 1.72 bits per heavy atom. The first-order chi connectivity index (χ1) is 11.9. The number of nitrogens with zero attached hydrogens (tertiary/aromatic N) is 1. The number of methoxy groups -OCH3 is 1. The Kier molecular flexibility index (Phi) is 5.04. The largest absolute Gasteiger partial charge is 0.496 e. The van der Waals surface area contributed by atoms with Gasteiger partial charge in [0.2, 0.25) is 0 Å². The standard InChI is InChI=1S/C20H22F3NO/c1-24-11-3-4-16(13-24)18-12-15(7-10-19(18)25-2)14-5-8-17(9-6-14)20(21,22)23/h5-10,12,16H,3-4,11,13H2,1-2H3. The number of hydrogen-bond acceptors (Lipinski definition) is 2. The van der Waals surface area contributed by atoms with E-state index in [-0.39, 0.29) is 0 Å². The van der Waals surface area contributed by atoms with Gasteiger partial charge in [-0.25, -0.2) is 0 Å². The number of likely N-dealkylation sites (tertiary alicyclic amines) is 1. The van der Waals surface area contributed by atoms with Crippen LogP contribution >= 0.6 is 0 Å². The second-order valence-electron chi connectivity index (χ2n) is 6.63. The molecule has 0 aromatic heterocycles. The van der Waals surface area contributed by atoms with Crippen molar-refractivity contribution in [3.05, 3.63) is 53.6 Å². The van der Waals surface area contributed by atoms with Gasteiger partial charge in [0.05, 0.1) is 12.7 Å². The predicted molar refractivity (Wildman–Crippen MR) is 92.9 cm³/mol. The Hall–Kier alpha value is -2.01. The van der Waals surface area contributed by atoms with Gasteiger partial charge in [0, 0.05) is 12.5 Å². The average molecular weight is 349 g/mol. The summed E-state index contributed by atoms with van der Waals surface area (Å²) >= 11 is 0. The molecule has 2 nitrogen and oxygen atoms in total. The molecule has 1 unspecified atom stereocenters. The first-order valence-corrected chi connectivity index (χ1v) is 8.42. The van der Waals surface area contributed by atoms with Crippen molar-refractivity contribution in [3.8, 4) is 16.9 Å². The predicted octanol–water partition coefficient (Wildman–Crippen LogP) is 5.19. The molecule has 1 fully saturated rings. The molecule has 2 aromatic carbocycles. The van der Waals surface area contributed by atoms with E-state index < -0.39 is 11.7 Å². The van der Waals surface area contributed by atoms with Crippen molar-refractivity contribution in [1.82, 2.24) is 4.90 Å². The number of piperidine rings is 1. The van der Waals surface area contributed by atoms with Gasteiger partial charge in [-0.05, 0) is 67.4 Å². The fourth-order valence-corrected chi connectivity index (χ4v) is 3.50. The van der Waals surface area contributed by atoms with E-state index in [9.17, 15) is 13.2 Å². The summed E-state index contributed by atoms with van der Waals surface area (Å²) in [6.45, 7) is 2.06. The molecule has 1 aliphatic rings.